The molecule has 0 radical (unpaired) electrons. The molecule has 4 amide bonds. The van der Waals surface area contributed by atoms with E-state index in [1.165, 1.54) is 0 Å². The topological polar surface area (TPSA) is 69.7 Å². The van der Waals surface area contributed by atoms with E-state index in [-0.39, 0.29) is 24.4 Å². The van der Waals surface area contributed by atoms with Gasteiger partial charge in [-0.3, -0.25) is 14.5 Å². The molecule has 1 saturated carbocycles. The van der Waals surface area contributed by atoms with Crippen LogP contribution in [0.1, 0.15) is 51.9 Å². The third kappa shape index (κ3) is 2.40. The highest BCUT2D eigenvalue weighted by Gasteiger charge is 2.52. The lowest BCUT2D eigenvalue weighted by Crippen LogP contribution is -2.49. The second-order valence-corrected chi connectivity index (χ2v) is 6.54. The smallest absolute Gasteiger partial charge is 0.325 e. The van der Waals surface area contributed by atoms with E-state index in [0.29, 0.717) is 12.8 Å². The Labute approximate surface area is 124 Å². The van der Waals surface area contributed by atoms with Gasteiger partial charge in [-0.2, -0.15) is 0 Å². The highest BCUT2D eigenvalue weighted by molar-refractivity contribution is 6.09. The summed E-state index contributed by atoms with van der Waals surface area (Å²) >= 11 is 0. The first-order valence-electron chi connectivity index (χ1n) is 7.97. The van der Waals surface area contributed by atoms with Gasteiger partial charge in [0.05, 0.1) is 0 Å². The van der Waals surface area contributed by atoms with Crippen molar-refractivity contribution in [3.63, 3.8) is 0 Å². The lowest BCUT2D eigenvalue weighted by atomic mass is 9.98. The predicted molar refractivity (Wildman–Crippen MR) is 76.5 cm³/mol. The van der Waals surface area contributed by atoms with Crippen LogP contribution in [0.4, 0.5) is 4.79 Å². The van der Waals surface area contributed by atoms with Crippen molar-refractivity contribution >= 4 is 17.8 Å². The zero-order valence-electron chi connectivity index (χ0n) is 12.6. The van der Waals surface area contributed by atoms with E-state index in [9.17, 15) is 14.4 Å². The van der Waals surface area contributed by atoms with E-state index >= 15 is 0 Å². The van der Waals surface area contributed by atoms with Gasteiger partial charge in [-0.25, -0.2) is 4.79 Å². The van der Waals surface area contributed by atoms with Gasteiger partial charge in [-0.15, -0.1) is 0 Å². The van der Waals surface area contributed by atoms with Crippen molar-refractivity contribution in [3.05, 3.63) is 0 Å². The van der Waals surface area contributed by atoms with Crippen LogP contribution in [0.15, 0.2) is 0 Å². The van der Waals surface area contributed by atoms with Crippen molar-refractivity contribution in [2.45, 2.75) is 63.5 Å². The Balaban J connectivity index is 1.68. The lowest BCUT2D eigenvalue weighted by molar-refractivity contribution is -0.140. The second kappa shape index (κ2) is 5.31. The first kappa shape index (κ1) is 14.4. The van der Waals surface area contributed by atoms with E-state index < -0.39 is 11.6 Å². The van der Waals surface area contributed by atoms with Crippen molar-refractivity contribution in [1.82, 2.24) is 15.1 Å². The van der Waals surface area contributed by atoms with E-state index in [4.69, 9.17) is 0 Å². The first-order valence-corrected chi connectivity index (χ1v) is 7.97. The molecule has 2 aliphatic heterocycles. The van der Waals surface area contributed by atoms with Gasteiger partial charge in [-0.1, -0.05) is 12.8 Å². The van der Waals surface area contributed by atoms with Crippen LogP contribution < -0.4 is 5.32 Å². The third-order valence-corrected chi connectivity index (χ3v) is 5.12. The zero-order chi connectivity index (χ0) is 15.0. The molecule has 1 aliphatic carbocycles. The number of nitrogens with zero attached hydrogens (tertiary/aromatic N) is 2. The second-order valence-electron chi connectivity index (χ2n) is 6.54. The van der Waals surface area contributed by atoms with Crippen molar-refractivity contribution in [1.29, 1.82) is 0 Å². The molecule has 1 N–H and O–H groups in total. The largest absolute Gasteiger partial charge is 0.338 e. The number of hydrogen-bond donors (Lipinski definition) is 1. The summed E-state index contributed by atoms with van der Waals surface area (Å²) in [5, 5.41) is 2.82. The quantitative estimate of drug-likeness (QED) is 0.779. The lowest BCUT2D eigenvalue weighted by Gasteiger charge is -2.34. The Morgan fingerprint density at radius 3 is 2.62 bits per heavy atom. The molecule has 3 fully saturated rings. The number of carbonyl (C=O) groups excluding carboxylic acids is 3. The molecule has 3 aliphatic rings. The van der Waals surface area contributed by atoms with E-state index in [1.54, 1.807) is 0 Å². The number of hydrogen-bond acceptors (Lipinski definition) is 3. The van der Waals surface area contributed by atoms with E-state index in [1.807, 2.05) is 11.8 Å². The van der Waals surface area contributed by atoms with Gasteiger partial charge in [0.25, 0.3) is 5.91 Å². The van der Waals surface area contributed by atoms with Crippen LogP contribution in [0.2, 0.25) is 0 Å². The minimum atomic E-state index is -0.717. The molecule has 0 unspecified atom stereocenters. The summed E-state index contributed by atoms with van der Waals surface area (Å²) in [6.45, 7) is 2.65. The Kier molecular flexibility index (Phi) is 3.63. The minimum Gasteiger partial charge on any atom is -0.338 e. The van der Waals surface area contributed by atoms with Crippen molar-refractivity contribution in [3.8, 4) is 0 Å². The van der Waals surface area contributed by atoms with Gasteiger partial charge in [0.15, 0.2) is 0 Å². The van der Waals surface area contributed by atoms with Crippen LogP contribution in [0, 0.1) is 0 Å². The van der Waals surface area contributed by atoms with Crippen molar-refractivity contribution in [2.75, 3.05) is 13.1 Å². The molecule has 21 heavy (non-hydrogen) atoms. The summed E-state index contributed by atoms with van der Waals surface area (Å²) in [6.07, 6.45) is 6.44. The average Bonchev–Trinajstić information content (AvgIpc) is 3.01. The summed E-state index contributed by atoms with van der Waals surface area (Å²) in [6, 6.07) is -0.202. The third-order valence-electron chi connectivity index (χ3n) is 5.12. The summed E-state index contributed by atoms with van der Waals surface area (Å²) < 4.78 is 0. The fourth-order valence-corrected chi connectivity index (χ4v) is 3.83. The van der Waals surface area contributed by atoms with Crippen LogP contribution in [0.25, 0.3) is 0 Å². The number of urea groups is 1. The standard InChI is InChI=1S/C15H23N3O3/c1-11-6-2-5-9-17(11)12(19)10-18-13(20)15(16-14(18)21)7-3-4-8-15/h11H,2-10H2,1H3,(H,16,21)/t11-/m1/s1. The van der Waals surface area contributed by atoms with Crippen molar-refractivity contribution < 1.29 is 14.4 Å². The van der Waals surface area contributed by atoms with Crippen LogP contribution in [0.3, 0.4) is 0 Å². The molecule has 1 atom stereocenters. The number of nitrogens with one attached hydrogen (secondary N) is 1. The Morgan fingerprint density at radius 1 is 1.24 bits per heavy atom. The fourth-order valence-electron chi connectivity index (χ4n) is 3.83. The summed E-state index contributed by atoms with van der Waals surface area (Å²) in [5.41, 5.74) is -0.717. The fraction of sp³-hybridized carbons (Fsp3) is 0.800. The Hall–Kier alpha value is -1.59. The number of rotatable bonds is 2. The molecule has 3 rings (SSSR count). The van der Waals surface area contributed by atoms with Crippen molar-refractivity contribution in [2.24, 2.45) is 0 Å². The molecule has 2 heterocycles. The van der Waals surface area contributed by atoms with Crippen LogP contribution >= 0.6 is 0 Å². The van der Waals surface area contributed by atoms with E-state index in [2.05, 4.69) is 5.32 Å². The van der Waals surface area contributed by atoms with Crippen LogP contribution in [-0.4, -0.2) is 52.3 Å². The highest BCUT2D eigenvalue weighted by atomic mass is 16.2. The molecule has 0 aromatic heterocycles. The summed E-state index contributed by atoms with van der Waals surface area (Å²) in [5.74, 6) is -0.316. The molecule has 0 bridgehead atoms. The number of amides is 4. The van der Waals surface area contributed by atoms with Crippen LogP contribution in [0.5, 0.6) is 0 Å². The molecule has 116 valence electrons. The minimum absolute atomic E-state index is 0.110. The molecule has 0 aromatic carbocycles. The molecule has 6 nitrogen and oxygen atoms in total. The highest BCUT2D eigenvalue weighted by Crippen LogP contribution is 2.35. The van der Waals surface area contributed by atoms with Gasteiger partial charge in [0.1, 0.15) is 12.1 Å². The molecular weight excluding hydrogens is 270 g/mol. The normalized spacial score (nSPS) is 28.3. The maximum Gasteiger partial charge on any atom is 0.325 e. The van der Waals surface area contributed by atoms with Gasteiger partial charge in [-0.05, 0) is 39.0 Å². The van der Waals surface area contributed by atoms with E-state index in [0.717, 1.165) is 43.5 Å². The number of piperidine rings is 1. The first-order chi connectivity index (χ1) is 10.0. The number of likely N-dealkylation sites (tertiary alicyclic amines) is 1. The van der Waals surface area contributed by atoms with Gasteiger partial charge in [0.2, 0.25) is 5.91 Å². The SMILES string of the molecule is C[C@@H]1CCCCN1C(=O)CN1C(=O)NC2(CCCC2)C1=O. The summed E-state index contributed by atoms with van der Waals surface area (Å²) in [7, 11) is 0. The molecule has 2 saturated heterocycles. The molecule has 0 aromatic rings. The summed E-state index contributed by atoms with van der Waals surface area (Å²) in [4.78, 5) is 39.9. The molecule has 6 heteroatoms. The van der Waals surface area contributed by atoms with Gasteiger partial charge >= 0.3 is 6.03 Å². The number of imide groups is 1. The van der Waals surface area contributed by atoms with Gasteiger partial charge < -0.3 is 10.2 Å². The maximum absolute atomic E-state index is 12.5. The monoisotopic (exact) mass is 293 g/mol. The predicted octanol–water partition coefficient (Wildman–Crippen LogP) is 1.25. The zero-order valence-corrected chi connectivity index (χ0v) is 12.6. The molecule has 1 spiro atoms. The average molecular weight is 293 g/mol. The molecular formula is C15H23N3O3. The Bertz CT molecular complexity index is 471. The maximum atomic E-state index is 12.5. The van der Waals surface area contributed by atoms with Crippen LogP contribution in [-0.2, 0) is 9.59 Å². The Morgan fingerprint density at radius 2 is 1.95 bits per heavy atom. The van der Waals surface area contributed by atoms with Gasteiger partial charge in [0, 0.05) is 12.6 Å². The number of carbonyl (C=O) groups is 3.